The molecule has 0 aliphatic carbocycles. The smallest absolute Gasteiger partial charge is 0.0726 e. The minimum absolute atomic E-state index is 0.400. The number of ether oxygens (including phenoxy) is 2. The topological polar surface area (TPSA) is 30.5 Å². The first-order valence-corrected chi connectivity index (χ1v) is 8.20. The van der Waals surface area contributed by atoms with Crippen LogP contribution in [0.3, 0.4) is 0 Å². The van der Waals surface area contributed by atoms with E-state index in [2.05, 4.69) is 26.1 Å². The van der Waals surface area contributed by atoms with Crippen molar-refractivity contribution in [2.24, 2.45) is 0 Å². The Morgan fingerprint density at radius 1 is 1.26 bits per heavy atom. The molecule has 1 aliphatic rings. The number of hydrogen-bond acceptors (Lipinski definition) is 3. The third kappa shape index (κ3) is 7.91. The van der Waals surface area contributed by atoms with E-state index < -0.39 is 0 Å². The van der Waals surface area contributed by atoms with Crippen LogP contribution in [0.1, 0.15) is 65.7 Å². The van der Waals surface area contributed by atoms with Crippen LogP contribution in [0.15, 0.2) is 0 Å². The van der Waals surface area contributed by atoms with Crippen LogP contribution in [-0.2, 0) is 9.47 Å². The standard InChI is InChI=1S/C16H33NO2/c1-4-5-6-7-9-14(2)18-13-11-17-15(3)16-10-8-12-19-16/h14-17H,4-13H2,1-3H3. The van der Waals surface area contributed by atoms with Crippen LogP contribution < -0.4 is 5.32 Å². The summed E-state index contributed by atoms with van der Waals surface area (Å²) in [5, 5.41) is 3.51. The molecular formula is C16H33NO2. The highest BCUT2D eigenvalue weighted by molar-refractivity contribution is 4.76. The maximum Gasteiger partial charge on any atom is 0.0726 e. The summed E-state index contributed by atoms with van der Waals surface area (Å²) in [6.45, 7) is 9.33. The Morgan fingerprint density at radius 3 is 2.79 bits per heavy atom. The van der Waals surface area contributed by atoms with Crippen molar-refractivity contribution in [2.45, 2.75) is 84.0 Å². The summed E-state index contributed by atoms with van der Waals surface area (Å²) in [6.07, 6.45) is 9.72. The molecule has 114 valence electrons. The second-order valence-corrected chi connectivity index (χ2v) is 5.83. The van der Waals surface area contributed by atoms with Gasteiger partial charge in [0.2, 0.25) is 0 Å². The van der Waals surface area contributed by atoms with E-state index in [-0.39, 0.29) is 0 Å². The largest absolute Gasteiger partial charge is 0.377 e. The summed E-state index contributed by atoms with van der Waals surface area (Å²) in [5.74, 6) is 0. The lowest BCUT2D eigenvalue weighted by Crippen LogP contribution is -2.39. The first kappa shape index (κ1) is 16.9. The highest BCUT2D eigenvalue weighted by atomic mass is 16.5. The van der Waals surface area contributed by atoms with Gasteiger partial charge >= 0.3 is 0 Å². The highest BCUT2D eigenvalue weighted by Gasteiger charge is 2.21. The van der Waals surface area contributed by atoms with Crippen molar-refractivity contribution < 1.29 is 9.47 Å². The van der Waals surface area contributed by atoms with E-state index in [1.165, 1.54) is 44.9 Å². The van der Waals surface area contributed by atoms with E-state index in [1.54, 1.807) is 0 Å². The van der Waals surface area contributed by atoms with Crippen LogP contribution in [0.4, 0.5) is 0 Å². The minimum atomic E-state index is 0.400. The molecule has 3 nitrogen and oxygen atoms in total. The van der Waals surface area contributed by atoms with E-state index in [1.807, 2.05) is 0 Å². The fourth-order valence-electron chi connectivity index (χ4n) is 2.62. The number of rotatable bonds is 11. The summed E-state index contributed by atoms with van der Waals surface area (Å²) in [5.41, 5.74) is 0. The third-order valence-electron chi connectivity index (χ3n) is 3.96. The SMILES string of the molecule is CCCCCCC(C)OCCNC(C)C1CCCO1. The average molecular weight is 271 g/mol. The van der Waals surface area contributed by atoms with Crippen LogP contribution in [0.25, 0.3) is 0 Å². The molecule has 1 rings (SSSR count). The molecule has 0 aromatic rings. The summed E-state index contributed by atoms with van der Waals surface area (Å²) in [7, 11) is 0. The van der Waals surface area contributed by atoms with Crippen molar-refractivity contribution in [3.8, 4) is 0 Å². The molecule has 1 aliphatic heterocycles. The van der Waals surface area contributed by atoms with Crippen molar-refractivity contribution >= 4 is 0 Å². The Bertz CT molecular complexity index is 205. The highest BCUT2D eigenvalue weighted by Crippen LogP contribution is 2.15. The molecule has 1 heterocycles. The Balaban J connectivity index is 1.91. The fourth-order valence-corrected chi connectivity index (χ4v) is 2.62. The van der Waals surface area contributed by atoms with E-state index in [0.29, 0.717) is 18.2 Å². The Labute approximate surface area is 119 Å². The van der Waals surface area contributed by atoms with Gasteiger partial charge in [-0.2, -0.15) is 0 Å². The summed E-state index contributed by atoms with van der Waals surface area (Å²) < 4.78 is 11.5. The van der Waals surface area contributed by atoms with E-state index in [0.717, 1.165) is 19.8 Å². The maximum absolute atomic E-state index is 5.83. The van der Waals surface area contributed by atoms with Crippen molar-refractivity contribution in [3.05, 3.63) is 0 Å². The normalized spacial score (nSPS) is 22.6. The molecule has 0 bridgehead atoms. The Hall–Kier alpha value is -0.120. The van der Waals surface area contributed by atoms with Gasteiger partial charge in [0.15, 0.2) is 0 Å². The van der Waals surface area contributed by atoms with Gasteiger partial charge in [-0.15, -0.1) is 0 Å². The van der Waals surface area contributed by atoms with Gasteiger partial charge in [-0.1, -0.05) is 32.6 Å². The van der Waals surface area contributed by atoms with Crippen LogP contribution in [0.5, 0.6) is 0 Å². The van der Waals surface area contributed by atoms with Gasteiger partial charge in [0.1, 0.15) is 0 Å². The average Bonchev–Trinajstić information content (AvgIpc) is 2.93. The second-order valence-electron chi connectivity index (χ2n) is 5.83. The Kier molecular flexibility index (Phi) is 9.48. The predicted octanol–water partition coefficient (Wildman–Crippen LogP) is 3.52. The first-order chi connectivity index (χ1) is 9.24. The molecule has 19 heavy (non-hydrogen) atoms. The lowest BCUT2D eigenvalue weighted by Gasteiger charge is -2.20. The van der Waals surface area contributed by atoms with Gasteiger partial charge in [-0.25, -0.2) is 0 Å². The zero-order valence-electron chi connectivity index (χ0n) is 13.1. The van der Waals surface area contributed by atoms with Crippen LogP contribution in [-0.4, -0.2) is 38.0 Å². The lowest BCUT2D eigenvalue weighted by molar-refractivity contribution is 0.0501. The monoisotopic (exact) mass is 271 g/mol. The molecule has 0 aromatic heterocycles. The van der Waals surface area contributed by atoms with Gasteiger partial charge in [-0.05, 0) is 33.1 Å². The minimum Gasteiger partial charge on any atom is -0.377 e. The maximum atomic E-state index is 5.83. The van der Waals surface area contributed by atoms with Crippen molar-refractivity contribution in [3.63, 3.8) is 0 Å². The summed E-state index contributed by atoms with van der Waals surface area (Å²) in [6, 6.07) is 0.450. The first-order valence-electron chi connectivity index (χ1n) is 8.20. The summed E-state index contributed by atoms with van der Waals surface area (Å²) in [4.78, 5) is 0. The molecular weight excluding hydrogens is 238 g/mol. The van der Waals surface area contributed by atoms with Crippen molar-refractivity contribution in [1.82, 2.24) is 5.32 Å². The number of unbranched alkanes of at least 4 members (excludes halogenated alkanes) is 3. The third-order valence-corrected chi connectivity index (χ3v) is 3.96. The van der Waals surface area contributed by atoms with Crippen LogP contribution in [0, 0.1) is 0 Å². The quantitative estimate of drug-likeness (QED) is 0.583. The number of nitrogens with one attached hydrogen (secondary N) is 1. The van der Waals surface area contributed by atoms with Crippen LogP contribution >= 0.6 is 0 Å². The molecule has 1 saturated heterocycles. The molecule has 0 spiro atoms. The molecule has 0 radical (unpaired) electrons. The molecule has 0 saturated carbocycles. The van der Waals surface area contributed by atoms with Crippen molar-refractivity contribution in [2.75, 3.05) is 19.8 Å². The zero-order chi connectivity index (χ0) is 13.9. The molecule has 0 amide bonds. The second kappa shape index (κ2) is 10.6. The van der Waals surface area contributed by atoms with Gasteiger partial charge in [0.05, 0.1) is 18.8 Å². The molecule has 3 unspecified atom stereocenters. The molecule has 1 N–H and O–H groups in total. The predicted molar refractivity (Wildman–Crippen MR) is 80.6 cm³/mol. The molecule has 3 heteroatoms. The molecule has 0 aromatic carbocycles. The van der Waals surface area contributed by atoms with Crippen LogP contribution in [0.2, 0.25) is 0 Å². The summed E-state index contributed by atoms with van der Waals surface area (Å²) >= 11 is 0. The van der Waals surface area contributed by atoms with E-state index in [9.17, 15) is 0 Å². The van der Waals surface area contributed by atoms with Gasteiger partial charge in [-0.3, -0.25) is 0 Å². The Morgan fingerprint density at radius 2 is 2.11 bits per heavy atom. The van der Waals surface area contributed by atoms with Crippen molar-refractivity contribution in [1.29, 1.82) is 0 Å². The molecule has 1 fully saturated rings. The van der Waals surface area contributed by atoms with Gasteiger partial charge in [0, 0.05) is 19.2 Å². The van der Waals surface area contributed by atoms with Gasteiger partial charge < -0.3 is 14.8 Å². The van der Waals surface area contributed by atoms with E-state index in [4.69, 9.17) is 9.47 Å². The number of hydrogen-bond donors (Lipinski definition) is 1. The molecule has 3 atom stereocenters. The van der Waals surface area contributed by atoms with E-state index >= 15 is 0 Å². The zero-order valence-corrected chi connectivity index (χ0v) is 13.1. The fraction of sp³-hybridized carbons (Fsp3) is 1.00. The lowest BCUT2D eigenvalue weighted by atomic mass is 10.1. The van der Waals surface area contributed by atoms with Gasteiger partial charge in [0.25, 0.3) is 0 Å².